The third-order valence-corrected chi connectivity index (χ3v) is 4.55. The lowest BCUT2D eigenvalue weighted by atomic mass is 10.1. The number of nitrogen functional groups attached to an aromatic ring is 1. The average Bonchev–Trinajstić information content (AvgIpc) is 2.89. The predicted molar refractivity (Wildman–Crippen MR) is 96.6 cm³/mol. The van der Waals surface area contributed by atoms with Gasteiger partial charge in [-0.1, -0.05) is 17.7 Å². The summed E-state index contributed by atoms with van der Waals surface area (Å²) in [4.78, 5) is 7.84. The van der Waals surface area contributed by atoms with Gasteiger partial charge in [-0.2, -0.15) is 15.1 Å². The van der Waals surface area contributed by atoms with Gasteiger partial charge in [-0.3, -0.25) is 0 Å². The number of rotatable bonds is 5. The molecule has 0 bridgehead atoms. The number of aliphatic hydroxyl groups is 3. The van der Waals surface area contributed by atoms with Gasteiger partial charge in [-0.05, 0) is 18.6 Å². The highest BCUT2D eigenvalue weighted by atomic mass is 35.5. The van der Waals surface area contributed by atoms with Crippen LogP contribution in [0.2, 0.25) is 5.15 Å². The Morgan fingerprint density at radius 1 is 1.26 bits per heavy atom. The minimum Gasteiger partial charge on any atom is -0.396 e. The van der Waals surface area contributed by atoms with E-state index in [2.05, 4.69) is 25.5 Å². The van der Waals surface area contributed by atoms with Crippen LogP contribution in [0.4, 0.5) is 27.5 Å². The molecule has 0 aliphatic heterocycles. The Hall–Kier alpha value is -2.40. The lowest BCUT2D eigenvalue weighted by Crippen LogP contribution is -2.35. The molecule has 1 heterocycles. The number of aliphatic hydroxyl groups excluding tert-OH is 3. The number of nitrogens with two attached hydrogens (primary N) is 1. The zero-order valence-electron chi connectivity index (χ0n) is 14.0. The van der Waals surface area contributed by atoms with E-state index in [9.17, 15) is 19.7 Å². The Kier molecular flexibility index (Phi) is 5.80. The van der Waals surface area contributed by atoms with Gasteiger partial charge in [-0.25, -0.2) is 4.39 Å². The molecule has 1 aliphatic rings. The molecule has 144 valence electrons. The van der Waals surface area contributed by atoms with E-state index in [1.165, 1.54) is 18.2 Å². The van der Waals surface area contributed by atoms with E-state index >= 15 is 0 Å². The van der Waals surface area contributed by atoms with Gasteiger partial charge in [0, 0.05) is 18.6 Å². The van der Waals surface area contributed by atoms with Crippen molar-refractivity contribution in [2.45, 2.75) is 24.7 Å². The Morgan fingerprint density at radius 3 is 2.70 bits per heavy atom. The van der Waals surface area contributed by atoms with Gasteiger partial charge < -0.3 is 26.4 Å². The lowest BCUT2D eigenvalue weighted by Gasteiger charge is -2.19. The van der Waals surface area contributed by atoms with E-state index in [0.29, 0.717) is 6.42 Å². The molecule has 27 heavy (non-hydrogen) atoms. The summed E-state index contributed by atoms with van der Waals surface area (Å²) in [5.74, 6) is -0.978. The predicted octanol–water partition coefficient (Wildman–Crippen LogP) is 1.78. The average molecular weight is 397 g/mol. The van der Waals surface area contributed by atoms with Crippen molar-refractivity contribution in [1.82, 2.24) is 9.97 Å². The van der Waals surface area contributed by atoms with Crippen LogP contribution >= 0.6 is 11.6 Å². The van der Waals surface area contributed by atoms with E-state index in [-0.39, 0.29) is 34.9 Å². The molecule has 1 saturated carbocycles. The van der Waals surface area contributed by atoms with Crippen molar-refractivity contribution in [3.63, 3.8) is 0 Å². The monoisotopic (exact) mass is 396 g/mol. The molecule has 4 atom stereocenters. The Bertz CT molecular complexity index is 855. The number of azo groups is 1. The first kappa shape index (κ1) is 19.4. The fraction of sp³-hybridized carbons (Fsp3) is 0.375. The van der Waals surface area contributed by atoms with E-state index in [1.54, 1.807) is 6.07 Å². The van der Waals surface area contributed by atoms with Gasteiger partial charge in [0.05, 0.1) is 17.8 Å². The van der Waals surface area contributed by atoms with E-state index in [4.69, 9.17) is 17.3 Å². The lowest BCUT2D eigenvalue weighted by molar-refractivity contribution is 0.00446. The molecular weight excluding hydrogens is 379 g/mol. The first-order chi connectivity index (χ1) is 12.9. The fourth-order valence-electron chi connectivity index (χ4n) is 2.90. The van der Waals surface area contributed by atoms with Gasteiger partial charge in [0.1, 0.15) is 11.9 Å². The second kappa shape index (κ2) is 8.09. The maximum absolute atomic E-state index is 13.3. The van der Waals surface area contributed by atoms with E-state index in [0.717, 1.165) is 0 Å². The topological polar surface area (TPSA) is 149 Å². The largest absolute Gasteiger partial charge is 0.396 e. The quantitative estimate of drug-likeness (QED) is 0.382. The maximum Gasteiger partial charge on any atom is 0.223 e. The first-order valence-electron chi connectivity index (χ1n) is 8.13. The molecule has 0 unspecified atom stereocenters. The second-order valence-corrected chi connectivity index (χ2v) is 6.52. The number of hydrogen-bond acceptors (Lipinski definition) is 9. The number of nitrogens with zero attached hydrogens (tertiary/aromatic N) is 4. The van der Waals surface area contributed by atoms with Gasteiger partial charge >= 0.3 is 0 Å². The van der Waals surface area contributed by atoms with Crippen LogP contribution in [0.5, 0.6) is 0 Å². The first-order valence-corrected chi connectivity index (χ1v) is 8.50. The molecule has 11 heteroatoms. The van der Waals surface area contributed by atoms with Crippen LogP contribution in [0.15, 0.2) is 34.5 Å². The molecule has 0 radical (unpaired) electrons. The third-order valence-electron chi connectivity index (χ3n) is 4.29. The van der Waals surface area contributed by atoms with Crippen molar-refractivity contribution in [2.24, 2.45) is 16.1 Å². The van der Waals surface area contributed by atoms with Crippen molar-refractivity contribution < 1.29 is 19.7 Å². The van der Waals surface area contributed by atoms with Crippen molar-refractivity contribution >= 4 is 34.7 Å². The summed E-state index contributed by atoms with van der Waals surface area (Å²) in [5, 5.41) is 40.1. The van der Waals surface area contributed by atoms with Crippen molar-refractivity contribution in [1.29, 1.82) is 0 Å². The summed E-state index contributed by atoms with van der Waals surface area (Å²) in [6, 6.07) is 4.87. The molecule has 0 amide bonds. The molecule has 0 saturated heterocycles. The Morgan fingerprint density at radius 2 is 2.04 bits per heavy atom. The highest BCUT2D eigenvalue weighted by Crippen LogP contribution is 2.36. The highest BCUT2D eigenvalue weighted by Gasteiger charge is 2.41. The highest BCUT2D eigenvalue weighted by molar-refractivity contribution is 6.32. The summed E-state index contributed by atoms with van der Waals surface area (Å²) in [5.41, 5.74) is 5.93. The summed E-state index contributed by atoms with van der Waals surface area (Å²) < 4.78 is 13.3. The molecule has 1 aromatic carbocycles. The maximum atomic E-state index is 13.3. The molecule has 1 fully saturated rings. The molecule has 2 aromatic rings. The van der Waals surface area contributed by atoms with Crippen LogP contribution in [-0.2, 0) is 0 Å². The minimum absolute atomic E-state index is 0.0456. The number of anilines is 2. The van der Waals surface area contributed by atoms with Crippen molar-refractivity contribution in [3.8, 4) is 0 Å². The van der Waals surface area contributed by atoms with Crippen LogP contribution in [-0.4, -0.2) is 50.1 Å². The smallest absolute Gasteiger partial charge is 0.223 e. The number of nitrogens with one attached hydrogen (secondary N) is 1. The third kappa shape index (κ3) is 4.30. The Balaban J connectivity index is 1.89. The van der Waals surface area contributed by atoms with E-state index < -0.39 is 30.0 Å². The molecule has 9 nitrogen and oxygen atoms in total. The zero-order valence-corrected chi connectivity index (χ0v) is 14.8. The summed E-state index contributed by atoms with van der Waals surface area (Å²) in [6.07, 6.45) is -1.93. The molecule has 1 aromatic heterocycles. The number of hydrogen-bond donors (Lipinski definition) is 5. The number of aromatic nitrogens is 2. The van der Waals surface area contributed by atoms with Gasteiger partial charge in [0.25, 0.3) is 0 Å². The summed E-state index contributed by atoms with van der Waals surface area (Å²) in [6.45, 7) is -0.269. The molecular formula is C16H18ClFN6O3. The second-order valence-electron chi connectivity index (χ2n) is 6.16. The fourth-order valence-corrected chi connectivity index (χ4v) is 3.12. The Labute approximate surface area is 158 Å². The van der Waals surface area contributed by atoms with Crippen LogP contribution in [0.1, 0.15) is 6.42 Å². The van der Waals surface area contributed by atoms with Crippen LogP contribution in [0, 0.1) is 11.7 Å². The van der Waals surface area contributed by atoms with Crippen LogP contribution < -0.4 is 11.1 Å². The molecule has 6 N–H and O–H groups in total. The summed E-state index contributed by atoms with van der Waals surface area (Å²) in [7, 11) is 0. The van der Waals surface area contributed by atoms with Gasteiger partial charge in [0.2, 0.25) is 5.95 Å². The SMILES string of the molecule is Nc1nc(Cl)c(N=Nc2cccc(F)c2)c(N[C@@H]2C[C@H](CO)[C@@H](O)[C@H]2O)n1. The van der Waals surface area contributed by atoms with Crippen LogP contribution in [0.25, 0.3) is 0 Å². The van der Waals surface area contributed by atoms with Crippen LogP contribution in [0.3, 0.4) is 0 Å². The summed E-state index contributed by atoms with van der Waals surface area (Å²) >= 11 is 6.09. The number of halogens is 2. The normalized spacial score (nSPS) is 25.2. The molecule has 1 aliphatic carbocycles. The molecule has 3 rings (SSSR count). The standard InChI is InChI=1S/C16H18ClFN6O3/c17-14-11(24-23-9-3-1-2-8(18)5-9)15(22-16(19)21-14)20-10-4-7(6-25)12(26)13(10)27/h1-3,5,7,10,12-13,25-27H,4,6H2,(H3,19,20,21,22)/t7-,10-,12-,13+/m1/s1. The van der Waals surface area contributed by atoms with Gasteiger partial charge in [-0.15, -0.1) is 5.11 Å². The van der Waals surface area contributed by atoms with E-state index in [1.807, 2.05) is 0 Å². The number of benzene rings is 1. The molecule has 0 spiro atoms. The van der Waals surface area contributed by atoms with Crippen molar-refractivity contribution in [2.75, 3.05) is 17.7 Å². The minimum atomic E-state index is -1.13. The van der Waals surface area contributed by atoms with Gasteiger partial charge in [0.15, 0.2) is 16.7 Å². The van der Waals surface area contributed by atoms with Crippen molar-refractivity contribution in [3.05, 3.63) is 35.2 Å². The zero-order chi connectivity index (χ0) is 19.6.